The number of hydrogen-bond acceptors (Lipinski definition) is 5. The van der Waals surface area contributed by atoms with Gasteiger partial charge in [0.1, 0.15) is 16.7 Å². The molecule has 3 N–H and O–H groups in total. The zero-order valence-electron chi connectivity index (χ0n) is 15.8. The number of sulfonamides is 1. The summed E-state index contributed by atoms with van der Waals surface area (Å²) in [6.45, 7) is 5.38. The standard InChI is InChI=1S/C19H23ClN2O5S/c1-4-27-16-11-15(21-19(24)18(23)12(2)3)9-10-17(16)28(25,26)22-14-7-5-13(20)6-8-14/h5-12,18,22-23H,4H2,1-3H3,(H,21,24)/t18-/m0/s1. The monoisotopic (exact) mass is 426 g/mol. The average molecular weight is 427 g/mol. The first kappa shape index (κ1) is 22.0. The van der Waals surface area contributed by atoms with Gasteiger partial charge in [-0.3, -0.25) is 9.52 Å². The Balaban J connectivity index is 2.30. The van der Waals surface area contributed by atoms with Crippen LogP contribution in [0.4, 0.5) is 11.4 Å². The second-order valence-electron chi connectivity index (χ2n) is 6.39. The van der Waals surface area contributed by atoms with Crippen LogP contribution in [0.1, 0.15) is 20.8 Å². The van der Waals surface area contributed by atoms with E-state index in [1.165, 1.54) is 18.2 Å². The Kier molecular flexibility index (Phi) is 7.29. The Hall–Kier alpha value is -2.29. The number of carbonyl (C=O) groups is 1. The number of hydrogen-bond donors (Lipinski definition) is 3. The van der Waals surface area contributed by atoms with Crippen LogP contribution in [0.5, 0.6) is 5.75 Å². The van der Waals surface area contributed by atoms with Crippen LogP contribution in [0, 0.1) is 5.92 Å². The predicted octanol–water partition coefficient (Wildman–Crippen LogP) is 3.49. The van der Waals surface area contributed by atoms with Gasteiger partial charge in [0, 0.05) is 22.5 Å². The summed E-state index contributed by atoms with van der Waals surface area (Å²) in [5.41, 5.74) is 0.669. The highest BCUT2D eigenvalue weighted by molar-refractivity contribution is 7.92. The number of ether oxygens (including phenoxy) is 1. The van der Waals surface area contributed by atoms with Crippen molar-refractivity contribution in [2.24, 2.45) is 5.92 Å². The number of benzene rings is 2. The Morgan fingerprint density at radius 1 is 1.14 bits per heavy atom. The zero-order valence-corrected chi connectivity index (χ0v) is 17.3. The molecule has 1 amide bonds. The van der Waals surface area contributed by atoms with E-state index in [2.05, 4.69) is 10.0 Å². The number of carbonyl (C=O) groups excluding carboxylic acids is 1. The summed E-state index contributed by atoms with van der Waals surface area (Å²) >= 11 is 5.82. The first-order valence-electron chi connectivity index (χ1n) is 8.68. The third-order valence-corrected chi connectivity index (χ3v) is 5.47. The van der Waals surface area contributed by atoms with Gasteiger partial charge in [-0.2, -0.15) is 0 Å². The van der Waals surface area contributed by atoms with Gasteiger partial charge < -0.3 is 15.2 Å². The Bertz CT molecular complexity index is 930. The van der Waals surface area contributed by atoms with Crippen molar-refractivity contribution in [1.82, 2.24) is 0 Å². The maximum absolute atomic E-state index is 12.8. The SMILES string of the molecule is CCOc1cc(NC(=O)[C@@H](O)C(C)C)ccc1S(=O)(=O)Nc1ccc(Cl)cc1. The van der Waals surface area contributed by atoms with Gasteiger partial charge in [0.05, 0.1) is 6.61 Å². The summed E-state index contributed by atoms with van der Waals surface area (Å²) in [5, 5.41) is 12.9. The molecule has 2 aromatic carbocycles. The Labute approximate surface area is 169 Å². The van der Waals surface area contributed by atoms with Crippen LogP contribution in [-0.2, 0) is 14.8 Å². The molecule has 0 fully saturated rings. The molecule has 152 valence electrons. The second-order valence-corrected chi connectivity index (χ2v) is 8.47. The van der Waals surface area contributed by atoms with Gasteiger partial charge in [-0.15, -0.1) is 0 Å². The molecule has 0 aliphatic carbocycles. The lowest BCUT2D eigenvalue weighted by Gasteiger charge is -2.17. The summed E-state index contributed by atoms with van der Waals surface area (Å²) in [7, 11) is -3.93. The smallest absolute Gasteiger partial charge is 0.265 e. The van der Waals surface area contributed by atoms with Crippen LogP contribution in [0.15, 0.2) is 47.4 Å². The molecule has 0 unspecified atom stereocenters. The molecular formula is C19H23ClN2O5S. The number of nitrogens with one attached hydrogen (secondary N) is 2. The molecule has 0 radical (unpaired) electrons. The molecular weight excluding hydrogens is 404 g/mol. The molecule has 0 aromatic heterocycles. The van der Waals surface area contributed by atoms with Gasteiger partial charge in [-0.25, -0.2) is 8.42 Å². The van der Waals surface area contributed by atoms with Crippen molar-refractivity contribution in [2.45, 2.75) is 31.8 Å². The lowest BCUT2D eigenvalue weighted by atomic mass is 10.1. The van der Waals surface area contributed by atoms with Crippen molar-refractivity contribution in [3.05, 3.63) is 47.5 Å². The Morgan fingerprint density at radius 3 is 2.32 bits per heavy atom. The molecule has 7 nitrogen and oxygen atoms in total. The second kappa shape index (κ2) is 9.27. The summed E-state index contributed by atoms with van der Waals surface area (Å²) in [6.07, 6.45) is -1.18. The van der Waals surface area contributed by atoms with Crippen molar-refractivity contribution in [3.8, 4) is 5.75 Å². The molecule has 0 saturated carbocycles. The molecule has 28 heavy (non-hydrogen) atoms. The van der Waals surface area contributed by atoms with E-state index in [0.29, 0.717) is 16.4 Å². The van der Waals surface area contributed by atoms with Crippen LogP contribution in [0.3, 0.4) is 0 Å². The van der Waals surface area contributed by atoms with Crippen LogP contribution >= 0.6 is 11.6 Å². The maximum Gasteiger partial charge on any atom is 0.265 e. The Morgan fingerprint density at radius 2 is 1.75 bits per heavy atom. The minimum absolute atomic E-state index is 0.0771. The summed E-state index contributed by atoms with van der Waals surface area (Å²) in [5.74, 6) is -0.747. The van der Waals surface area contributed by atoms with Crippen LogP contribution < -0.4 is 14.8 Å². The molecule has 1 atom stereocenters. The highest BCUT2D eigenvalue weighted by atomic mass is 35.5. The zero-order chi connectivity index (χ0) is 20.9. The average Bonchev–Trinajstić information content (AvgIpc) is 2.63. The number of aliphatic hydroxyl groups is 1. The van der Waals surface area contributed by atoms with Crippen molar-refractivity contribution in [2.75, 3.05) is 16.6 Å². The molecule has 2 rings (SSSR count). The number of rotatable bonds is 8. The van der Waals surface area contributed by atoms with Crippen LogP contribution in [0.2, 0.25) is 5.02 Å². The number of anilines is 2. The lowest BCUT2D eigenvalue weighted by Crippen LogP contribution is -2.31. The molecule has 0 aliphatic rings. The van der Waals surface area contributed by atoms with Crippen molar-refractivity contribution >= 4 is 38.9 Å². The van der Waals surface area contributed by atoms with Gasteiger partial charge in [-0.1, -0.05) is 25.4 Å². The molecule has 0 heterocycles. The van der Waals surface area contributed by atoms with E-state index >= 15 is 0 Å². The lowest BCUT2D eigenvalue weighted by molar-refractivity contribution is -0.125. The predicted molar refractivity (Wildman–Crippen MR) is 109 cm³/mol. The topological polar surface area (TPSA) is 105 Å². The van der Waals surface area contributed by atoms with Gasteiger partial charge in [-0.05, 0) is 49.2 Å². The third-order valence-electron chi connectivity index (χ3n) is 3.80. The molecule has 0 spiro atoms. The van der Waals surface area contributed by atoms with Gasteiger partial charge in [0.2, 0.25) is 0 Å². The molecule has 0 bridgehead atoms. The first-order valence-corrected chi connectivity index (χ1v) is 10.5. The normalized spacial score (nSPS) is 12.5. The van der Waals surface area contributed by atoms with Crippen LogP contribution in [0.25, 0.3) is 0 Å². The van der Waals surface area contributed by atoms with Crippen LogP contribution in [-0.4, -0.2) is 32.1 Å². The highest BCUT2D eigenvalue weighted by Gasteiger charge is 2.23. The van der Waals surface area contributed by atoms with Gasteiger partial charge in [0.25, 0.3) is 15.9 Å². The van der Waals surface area contributed by atoms with Gasteiger partial charge >= 0.3 is 0 Å². The summed E-state index contributed by atoms with van der Waals surface area (Å²) < 4.78 is 33.4. The maximum atomic E-state index is 12.8. The van der Waals surface area contributed by atoms with E-state index in [1.54, 1.807) is 45.0 Å². The van der Waals surface area contributed by atoms with E-state index in [4.69, 9.17) is 16.3 Å². The fourth-order valence-corrected chi connectivity index (χ4v) is 3.64. The summed E-state index contributed by atoms with van der Waals surface area (Å²) in [6, 6.07) is 10.4. The number of halogens is 1. The first-order chi connectivity index (χ1) is 13.1. The van der Waals surface area contributed by atoms with Crippen molar-refractivity contribution in [3.63, 3.8) is 0 Å². The molecule has 0 aliphatic heterocycles. The van der Waals surface area contributed by atoms with E-state index in [-0.39, 0.29) is 23.2 Å². The van der Waals surface area contributed by atoms with E-state index in [1.807, 2.05) is 0 Å². The molecule has 9 heteroatoms. The summed E-state index contributed by atoms with van der Waals surface area (Å²) in [4.78, 5) is 12.0. The fourth-order valence-electron chi connectivity index (χ4n) is 2.32. The highest BCUT2D eigenvalue weighted by Crippen LogP contribution is 2.29. The number of aliphatic hydroxyl groups excluding tert-OH is 1. The quantitative estimate of drug-likeness (QED) is 0.599. The van der Waals surface area contributed by atoms with E-state index < -0.39 is 22.0 Å². The minimum Gasteiger partial charge on any atom is -0.492 e. The molecule has 0 saturated heterocycles. The van der Waals surface area contributed by atoms with E-state index in [0.717, 1.165) is 0 Å². The fraction of sp³-hybridized carbons (Fsp3) is 0.316. The van der Waals surface area contributed by atoms with Crippen molar-refractivity contribution in [1.29, 1.82) is 0 Å². The molecule has 2 aromatic rings. The van der Waals surface area contributed by atoms with E-state index in [9.17, 15) is 18.3 Å². The number of amides is 1. The third kappa shape index (κ3) is 5.60. The van der Waals surface area contributed by atoms with Gasteiger partial charge in [0.15, 0.2) is 0 Å². The minimum atomic E-state index is -3.93. The van der Waals surface area contributed by atoms with Crippen molar-refractivity contribution < 1.29 is 23.1 Å². The largest absolute Gasteiger partial charge is 0.492 e.